The van der Waals surface area contributed by atoms with Crippen molar-refractivity contribution in [1.29, 1.82) is 0 Å². The molecule has 0 radical (unpaired) electrons. The maximum Gasteiger partial charge on any atom is 0.277 e. The van der Waals surface area contributed by atoms with Gasteiger partial charge in [-0.1, -0.05) is 23.9 Å². The number of carbonyl (C=O) groups excluding carboxylic acids is 2. The van der Waals surface area contributed by atoms with E-state index in [1.54, 1.807) is 38.3 Å². The molecule has 4 rings (SSSR count). The van der Waals surface area contributed by atoms with Gasteiger partial charge in [-0.2, -0.15) is 0 Å². The van der Waals surface area contributed by atoms with Crippen LogP contribution >= 0.6 is 11.8 Å². The van der Waals surface area contributed by atoms with Crippen molar-refractivity contribution in [3.05, 3.63) is 42.4 Å². The van der Waals surface area contributed by atoms with Crippen LogP contribution in [-0.2, 0) is 9.59 Å². The molecule has 0 spiro atoms. The molecular formula is C18H16N4O4S. The number of rotatable bonds is 4. The van der Waals surface area contributed by atoms with Crippen LogP contribution in [0, 0.1) is 6.92 Å². The summed E-state index contributed by atoms with van der Waals surface area (Å²) >= 11 is 1.15. The number of anilines is 2. The van der Waals surface area contributed by atoms with Crippen LogP contribution in [0.2, 0.25) is 0 Å². The molecule has 1 aliphatic rings. The molecule has 9 heteroatoms. The maximum absolute atomic E-state index is 12.9. The number of nitrogens with one attached hydrogen (secondary N) is 1. The fourth-order valence-corrected chi connectivity index (χ4v) is 3.57. The minimum absolute atomic E-state index is 0.0238. The van der Waals surface area contributed by atoms with Crippen molar-refractivity contribution < 1.29 is 18.4 Å². The Hall–Kier alpha value is -3.07. The molecule has 27 heavy (non-hydrogen) atoms. The number of furan rings is 1. The van der Waals surface area contributed by atoms with Crippen molar-refractivity contribution in [1.82, 2.24) is 10.2 Å². The lowest BCUT2D eigenvalue weighted by Gasteiger charge is -2.30. The van der Waals surface area contributed by atoms with Gasteiger partial charge >= 0.3 is 0 Å². The van der Waals surface area contributed by atoms with E-state index in [9.17, 15) is 9.59 Å². The number of thioether (sulfide) groups is 1. The third-order valence-corrected chi connectivity index (χ3v) is 5.08. The summed E-state index contributed by atoms with van der Waals surface area (Å²) in [4.78, 5) is 26.3. The number of carbonyl (C=O) groups is 2. The molecule has 1 aromatic carbocycles. The molecule has 3 aromatic rings. The average Bonchev–Trinajstić information content (AvgIpc) is 3.28. The smallest absolute Gasteiger partial charge is 0.277 e. The molecule has 0 bridgehead atoms. The zero-order chi connectivity index (χ0) is 19.0. The van der Waals surface area contributed by atoms with Gasteiger partial charge in [-0.25, -0.2) is 0 Å². The molecular weight excluding hydrogens is 368 g/mol. The van der Waals surface area contributed by atoms with Gasteiger partial charge in [0.25, 0.3) is 11.1 Å². The Morgan fingerprint density at radius 3 is 2.89 bits per heavy atom. The zero-order valence-electron chi connectivity index (χ0n) is 14.6. The van der Waals surface area contributed by atoms with Crippen molar-refractivity contribution in [2.24, 2.45) is 0 Å². The number of hydrogen-bond acceptors (Lipinski definition) is 7. The van der Waals surface area contributed by atoms with E-state index in [1.807, 2.05) is 12.1 Å². The number of amides is 2. The Morgan fingerprint density at radius 1 is 1.30 bits per heavy atom. The predicted molar refractivity (Wildman–Crippen MR) is 99.5 cm³/mol. The lowest BCUT2D eigenvalue weighted by molar-refractivity contribution is -0.121. The van der Waals surface area contributed by atoms with Crippen molar-refractivity contribution in [2.75, 3.05) is 16.8 Å². The minimum Gasteiger partial charge on any atom is -0.469 e. The number of aromatic nitrogens is 2. The van der Waals surface area contributed by atoms with Gasteiger partial charge in [0.2, 0.25) is 11.8 Å². The van der Waals surface area contributed by atoms with Crippen LogP contribution in [0.5, 0.6) is 0 Å². The lowest BCUT2D eigenvalue weighted by atomic mass is 10.2. The highest BCUT2D eigenvalue weighted by molar-refractivity contribution is 8.00. The highest BCUT2D eigenvalue weighted by atomic mass is 32.2. The molecule has 3 heterocycles. The van der Waals surface area contributed by atoms with Crippen LogP contribution in [-0.4, -0.2) is 33.8 Å². The molecule has 138 valence electrons. The number of nitrogens with zero attached hydrogens (tertiary/aromatic N) is 3. The molecule has 1 aliphatic heterocycles. The topological polar surface area (TPSA) is 101 Å². The van der Waals surface area contributed by atoms with Crippen molar-refractivity contribution in [3.8, 4) is 11.5 Å². The summed E-state index contributed by atoms with van der Waals surface area (Å²) < 4.78 is 10.9. The summed E-state index contributed by atoms with van der Waals surface area (Å²) in [7, 11) is 0. The lowest BCUT2D eigenvalue weighted by Crippen LogP contribution is -2.45. The van der Waals surface area contributed by atoms with E-state index in [4.69, 9.17) is 8.83 Å². The van der Waals surface area contributed by atoms with Gasteiger partial charge in [0.15, 0.2) is 0 Å². The van der Waals surface area contributed by atoms with Gasteiger partial charge in [0.05, 0.1) is 28.5 Å². The van der Waals surface area contributed by atoms with Crippen LogP contribution in [0.15, 0.2) is 50.7 Å². The van der Waals surface area contributed by atoms with Gasteiger partial charge in [-0.05, 0) is 32.0 Å². The summed E-state index contributed by atoms with van der Waals surface area (Å²) in [5.74, 6) is 0.581. The molecule has 2 aromatic heterocycles. The number of aryl methyl sites for hydroxylation is 1. The second kappa shape index (κ2) is 6.92. The molecule has 2 amide bonds. The molecule has 0 saturated heterocycles. The number of fused-ring (bicyclic) bond motifs is 1. The first-order valence-electron chi connectivity index (χ1n) is 8.28. The summed E-state index contributed by atoms with van der Waals surface area (Å²) in [5, 5.41) is 10.5. The van der Waals surface area contributed by atoms with Crippen molar-refractivity contribution >= 4 is 35.0 Å². The molecule has 1 atom stereocenters. The summed E-state index contributed by atoms with van der Waals surface area (Å²) in [6.45, 7) is 3.52. The first-order chi connectivity index (χ1) is 13.0. The van der Waals surface area contributed by atoms with E-state index in [-0.39, 0.29) is 23.6 Å². The second-order valence-electron chi connectivity index (χ2n) is 6.01. The summed E-state index contributed by atoms with van der Waals surface area (Å²) in [5.41, 5.74) is 2.01. The first-order valence-corrected chi connectivity index (χ1v) is 9.16. The van der Waals surface area contributed by atoms with Crippen molar-refractivity contribution in [3.63, 3.8) is 0 Å². The van der Waals surface area contributed by atoms with E-state index >= 15 is 0 Å². The van der Waals surface area contributed by atoms with Crippen LogP contribution in [0.25, 0.3) is 11.5 Å². The molecule has 0 saturated carbocycles. The highest BCUT2D eigenvalue weighted by Gasteiger charge is 2.31. The van der Waals surface area contributed by atoms with E-state index in [0.717, 1.165) is 17.3 Å². The summed E-state index contributed by atoms with van der Waals surface area (Å²) in [6.07, 6.45) is 1.55. The number of hydrogen-bond donors (Lipinski definition) is 1. The fourth-order valence-electron chi connectivity index (χ4n) is 2.82. The maximum atomic E-state index is 12.9. The number of benzene rings is 1. The van der Waals surface area contributed by atoms with Gasteiger partial charge in [-0.3, -0.25) is 14.5 Å². The Kier molecular flexibility index (Phi) is 4.44. The monoisotopic (exact) mass is 384 g/mol. The van der Waals surface area contributed by atoms with Gasteiger partial charge in [0.1, 0.15) is 12.3 Å². The molecule has 8 nitrogen and oxygen atoms in total. The largest absolute Gasteiger partial charge is 0.469 e. The van der Waals surface area contributed by atoms with E-state index in [2.05, 4.69) is 15.5 Å². The van der Waals surface area contributed by atoms with E-state index < -0.39 is 5.25 Å². The molecule has 0 aliphatic carbocycles. The Morgan fingerprint density at radius 2 is 2.11 bits per heavy atom. The Balaban J connectivity index is 1.51. The third kappa shape index (κ3) is 3.33. The molecule has 0 unspecified atom stereocenters. The fraction of sp³-hybridized carbons (Fsp3) is 0.222. The first kappa shape index (κ1) is 17.3. The van der Waals surface area contributed by atoms with Gasteiger partial charge < -0.3 is 14.2 Å². The SMILES string of the molecule is Cc1occc1-c1nnc(S[C@@H](C)C(=O)N2CC(=O)Nc3ccccc32)o1. The van der Waals surface area contributed by atoms with E-state index in [0.29, 0.717) is 23.0 Å². The second-order valence-corrected chi connectivity index (χ2v) is 7.31. The standard InChI is InChI=1S/C18H16N4O4S/c1-10-12(7-8-25-10)16-20-21-18(26-16)27-11(2)17(24)22-9-15(23)19-13-5-3-4-6-14(13)22/h3-8,11H,9H2,1-2H3,(H,19,23)/t11-/m0/s1. The zero-order valence-corrected chi connectivity index (χ0v) is 15.4. The van der Waals surface area contributed by atoms with Crippen LogP contribution in [0.1, 0.15) is 12.7 Å². The van der Waals surface area contributed by atoms with Crippen LogP contribution < -0.4 is 10.2 Å². The van der Waals surface area contributed by atoms with E-state index in [1.165, 1.54) is 4.90 Å². The normalized spacial score (nSPS) is 14.6. The summed E-state index contributed by atoms with van der Waals surface area (Å²) in [6, 6.07) is 8.95. The average molecular weight is 384 g/mol. The van der Waals surface area contributed by atoms with Gasteiger partial charge in [-0.15, -0.1) is 10.2 Å². The minimum atomic E-state index is -0.511. The van der Waals surface area contributed by atoms with Crippen LogP contribution in [0.3, 0.4) is 0 Å². The predicted octanol–water partition coefficient (Wildman–Crippen LogP) is 3.10. The van der Waals surface area contributed by atoms with Crippen LogP contribution in [0.4, 0.5) is 11.4 Å². The van der Waals surface area contributed by atoms with Crippen molar-refractivity contribution in [2.45, 2.75) is 24.3 Å². The third-order valence-electron chi connectivity index (χ3n) is 4.16. The molecule has 0 fully saturated rings. The highest BCUT2D eigenvalue weighted by Crippen LogP contribution is 2.33. The Labute approximate surface area is 158 Å². The Bertz CT molecular complexity index is 1010. The molecule has 1 N–H and O–H groups in total. The van der Waals surface area contributed by atoms with Gasteiger partial charge in [0, 0.05) is 0 Å². The quantitative estimate of drug-likeness (QED) is 0.690. The number of para-hydroxylation sites is 2.